The van der Waals surface area contributed by atoms with Crippen molar-refractivity contribution in [2.24, 2.45) is 0 Å². The van der Waals surface area contributed by atoms with Gasteiger partial charge in [-0.2, -0.15) is 0 Å². The molecule has 0 radical (unpaired) electrons. The predicted molar refractivity (Wildman–Crippen MR) is 114 cm³/mol. The molecule has 0 atom stereocenters. The van der Waals surface area contributed by atoms with Crippen molar-refractivity contribution in [2.75, 3.05) is 5.73 Å². The zero-order valence-electron chi connectivity index (χ0n) is 17.1. The molecule has 0 saturated heterocycles. The van der Waals surface area contributed by atoms with Gasteiger partial charge in [0.05, 0.1) is 5.56 Å². The maximum Gasteiger partial charge on any atom is 0.337 e. The van der Waals surface area contributed by atoms with Crippen molar-refractivity contribution in [3.05, 3.63) is 29.8 Å². The van der Waals surface area contributed by atoms with Crippen LogP contribution in [0, 0.1) is 0 Å². The molecule has 0 saturated carbocycles. The first-order valence-corrected chi connectivity index (χ1v) is 10.7. The van der Waals surface area contributed by atoms with Gasteiger partial charge in [0.15, 0.2) is 0 Å². The van der Waals surface area contributed by atoms with Crippen molar-refractivity contribution in [1.82, 2.24) is 0 Å². The Morgan fingerprint density at radius 2 is 1.08 bits per heavy atom. The average molecular weight is 364 g/mol. The molecular formula is C23H41NO2. The molecule has 0 amide bonds. The molecule has 0 heterocycles. The number of carbonyl (C=O) groups is 1. The normalized spacial score (nSPS) is 10.2. The van der Waals surface area contributed by atoms with Crippen LogP contribution in [-0.4, -0.2) is 11.1 Å². The van der Waals surface area contributed by atoms with Gasteiger partial charge in [-0.3, -0.25) is 0 Å². The summed E-state index contributed by atoms with van der Waals surface area (Å²) in [6.07, 6.45) is 20.4. The summed E-state index contributed by atoms with van der Waals surface area (Å²) in [6.45, 7) is 4.58. The van der Waals surface area contributed by atoms with Crippen LogP contribution >= 0.6 is 0 Å². The highest BCUT2D eigenvalue weighted by Gasteiger charge is 2.03. The molecule has 26 heavy (non-hydrogen) atoms. The zero-order chi connectivity index (χ0) is 19.5. The Morgan fingerprint density at radius 3 is 1.35 bits per heavy atom. The van der Waals surface area contributed by atoms with E-state index in [0.717, 1.165) is 0 Å². The van der Waals surface area contributed by atoms with Gasteiger partial charge in [-0.05, 0) is 12.1 Å². The van der Waals surface area contributed by atoms with Gasteiger partial charge in [-0.15, -0.1) is 0 Å². The number of hydrogen-bond donors (Lipinski definition) is 2. The third-order valence-corrected chi connectivity index (χ3v) is 4.65. The molecule has 3 N–H and O–H groups in total. The number of anilines is 1. The molecule has 0 aromatic heterocycles. The number of carboxylic acid groups (broad SMARTS) is 1. The lowest BCUT2D eigenvalue weighted by Crippen LogP contribution is -2.00. The minimum atomic E-state index is -0.988. The van der Waals surface area contributed by atoms with Gasteiger partial charge >= 0.3 is 5.97 Å². The highest BCUT2D eigenvalue weighted by atomic mass is 16.4. The van der Waals surface area contributed by atoms with E-state index >= 15 is 0 Å². The summed E-state index contributed by atoms with van der Waals surface area (Å²) in [7, 11) is 0. The fraction of sp³-hybridized carbons (Fsp3) is 0.696. The molecule has 1 rings (SSSR count). The number of para-hydroxylation sites is 1. The van der Waals surface area contributed by atoms with Gasteiger partial charge in [0.1, 0.15) is 0 Å². The Balaban J connectivity index is 0.000000531. The van der Waals surface area contributed by atoms with Crippen LogP contribution in [0.4, 0.5) is 5.69 Å². The van der Waals surface area contributed by atoms with Crippen molar-refractivity contribution in [1.29, 1.82) is 0 Å². The van der Waals surface area contributed by atoms with E-state index in [1.807, 2.05) is 0 Å². The summed E-state index contributed by atoms with van der Waals surface area (Å²) in [5, 5.41) is 8.49. The Morgan fingerprint density at radius 1 is 0.731 bits per heavy atom. The fourth-order valence-electron chi connectivity index (χ4n) is 2.96. The second-order valence-corrected chi connectivity index (χ2v) is 7.14. The highest BCUT2D eigenvalue weighted by Crippen LogP contribution is 2.12. The van der Waals surface area contributed by atoms with Crippen LogP contribution < -0.4 is 5.73 Å². The Labute approximate surface area is 161 Å². The molecule has 3 nitrogen and oxygen atoms in total. The molecule has 0 unspecified atom stereocenters. The molecule has 0 aliphatic carbocycles. The Bertz CT molecular complexity index is 432. The topological polar surface area (TPSA) is 63.3 Å². The molecule has 0 aliphatic heterocycles. The molecular weight excluding hydrogens is 322 g/mol. The largest absolute Gasteiger partial charge is 0.478 e. The quantitative estimate of drug-likeness (QED) is 0.266. The smallest absolute Gasteiger partial charge is 0.337 e. The van der Waals surface area contributed by atoms with Crippen molar-refractivity contribution in [3.8, 4) is 0 Å². The van der Waals surface area contributed by atoms with Crippen LogP contribution in [0.15, 0.2) is 24.3 Å². The Hall–Kier alpha value is -1.51. The molecule has 3 heteroatoms. The second-order valence-electron chi connectivity index (χ2n) is 7.14. The summed E-state index contributed by atoms with van der Waals surface area (Å²) in [4.78, 5) is 10.3. The molecule has 0 fully saturated rings. The Kier molecular flexibility index (Phi) is 17.2. The zero-order valence-corrected chi connectivity index (χ0v) is 17.1. The summed E-state index contributed by atoms with van der Waals surface area (Å²) in [6, 6.07) is 6.36. The van der Waals surface area contributed by atoms with E-state index < -0.39 is 5.97 Å². The maximum absolute atomic E-state index is 10.3. The average Bonchev–Trinajstić information content (AvgIpc) is 2.63. The lowest BCUT2D eigenvalue weighted by molar-refractivity contribution is 0.0698. The summed E-state index contributed by atoms with van der Waals surface area (Å²) >= 11 is 0. The number of hydrogen-bond acceptors (Lipinski definition) is 2. The van der Waals surface area contributed by atoms with Gasteiger partial charge in [0.2, 0.25) is 0 Å². The van der Waals surface area contributed by atoms with E-state index in [0.29, 0.717) is 5.69 Å². The monoisotopic (exact) mass is 363 g/mol. The van der Waals surface area contributed by atoms with E-state index in [-0.39, 0.29) is 5.56 Å². The maximum atomic E-state index is 10.3. The highest BCUT2D eigenvalue weighted by molar-refractivity contribution is 5.93. The summed E-state index contributed by atoms with van der Waals surface area (Å²) in [5.74, 6) is -0.988. The first-order chi connectivity index (χ1) is 12.6. The van der Waals surface area contributed by atoms with Crippen molar-refractivity contribution >= 4 is 11.7 Å². The number of aromatic carboxylic acids is 1. The van der Waals surface area contributed by atoms with Crippen molar-refractivity contribution < 1.29 is 9.90 Å². The van der Waals surface area contributed by atoms with Crippen LogP contribution in [0.1, 0.15) is 114 Å². The number of benzene rings is 1. The van der Waals surface area contributed by atoms with E-state index in [1.165, 1.54) is 96.0 Å². The number of unbranched alkanes of at least 4 members (excludes halogenated alkanes) is 13. The van der Waals surface area contributed by atoms with E-state index in [9.17, 15) is 4.79 Å². The van der Waals surface area contributed by atoms with Gasteiger partial charge in [0, 0.05) is 5.69 Å². The fourth-order valence-corrected chi connectivity index (χ4v) is 2.96. The van der Waals surface area contributed by atoms with Crippen LogP contribution in [0.2, 0.25) is 0 Å². The van der Waals surface area contributed by atoms with E-state index in [2.05, 4.69) is 13.8 Å². The molecule has 0 bridgehead atoms. The first kappa shape index (κ1) is 24.5. The lowest BCUT2D eigenvalue weighted by Gasteiger charge is -2.02. The van der Waals surface area contributed by atoms with Crippen molar-refractivity contribution in [3.63, 3.8) is 0 Å². The molecule has 1 aromatic carbocycles. The van der Waals surface area contributed by atoms with Gasteiger partial charge < -0.3 is 10.8 Å². The number of nitrogen functional groups attached to an aromatic ring is 1. The standard InChI is InChI=1S/C16H34.C7H7NO2/c1-3-5-7-9-11-13-15-16-14-12-10-8-6-4-2;8-6-4-2-1-3-5(6)7(9)10/h3-16H2,1-2H3;1-4H,8H2,(H,9,10). The lowest BCUT2D eigenvalue weighted by atomic mass is 10.0. The van der Waals surface area contributed by atoms with Crippen LogP contribution in [0.25, 0.3) is 0 Å². The molecule has 0 spiro atoms. The number of carboxylic acids is 1. The first-order valence-electron chi connectivity index (χ1n) is 10.7. The third-order valence-electron chi connectivity index (χ3n) is 4.65. The van der Waals surface area contributed by atoms with Crippen LogP contribution in [0.3, 0.4) is 0 Å². The SMILES string of the molecule is CCCCCCCCCCCCCCCC.Nc1ccccc1C(=O)O. The number of rotatable bonds is 14. The molecule has 150 valence electrons. The second kappa shape index (κ2) is 18.3. The predicted octanol–water partition coefficient (Wildman–Crippen LogP) is 7.45. The molecule has 1 aromatic rings. The summed E-state index contributed by atoms with van der Waals surface area (Å²) < 4.78 is 0. The van der Waals surface area contributed by atoms with Gasteiger partial charge in [0.25, 0.3) is 0 Å². The van der Waals surface area contributed by atoms with Crippen LogP contribution in [0.5, 0.6) is 0 Å². The van der Waals surface area contributed by atoms with Crippen LogP contribution in [-0.2, 0) is 0 Å². The van der Waals surface area contributed by atoms with Gasteiger partial charge in [-0.25, -0.2) is 4.79 Å². The van der Waals surface area contributed by atoms with Gasteiger partial charge in [-0.1, -0.05) is 116 Å². The third kappa shape index (κ3) is 14.8. The van der Waals surface area contributed by atoms with E-state index in [4.69, 9.17) is 10.8 Å². The molecule has 0 aliphatic rings. The number of nitrogens with two attached hydrogens (primary N) is 1. The minimum absolute atomic E-state index is 0.155. The van der Waals surface area contributed by atoms with E-state index in [1.54, 1.807) is 18.2 Å². The van der Waals surface area contributed by atoms with Crippen molar-refractivity contribution in [2.45, 2.75) is 104 Å². The summed E-state index contributed by atoms with van der Waals surface area (Å²) in [5.41, 5.74) is 5.80. The minimum Gasteiger partial charge on any atom is -0.478 e.